The average Bonchev–Trinajstić information content (AvgIpc) is 2.86. The molecule has 2 aromatic carbocycles. The van der Waals surface area contributed by atoms with Gasteiger partial charge >= 0.3 is 0 Å². The number of nitrogen functional groups attached to an aromatic ring is 1. The van der Waals surface area contributed by atoms with Crippen molar-refractivity contribution in [3.05, 3.63) is 54.6 Å². The van der Waals surface area contributed by atoms with Crippen molar-refractivity contribution in [2.45, 2.75) is 0 Å². The molecule has 5 nitrogen and oxygen atoms in total. The lowest BCUT2D eigenvalue weighted by molar-refractivity contribution is 0.792. The number of rotatable bonds is 2. The van der Waals surface area contributed by atoms with E-state index in [2.05, 4.69) is 27.7 Å². The predicted molar refractivity (Wildman–Crippen MR) is 69.0 cm³/mol. The smallest absolute Gasteiger partial charge is 0.245 e. The Morgan fingerprint density at radius 3 is 2.11 bits per heavy atom. The Balaban J connectivity index is 1.97. The van der Waals surface area contributed by atoms with Gasteiger partial charge in [0.15, 0.2) is 0 Å². The lowest BCUT2D eigenvalue weighted by Crippen LogP contribution is -2.02. The van der Waals surface area contributed by atoms with Crippen molar-refractivity contribution in [3.63, 3.8) is 0 Å². The minimum atomic E-state index is 0.280. The van der Waals surface area contributed by atoms with Crippen molar-refractivity contribution in [2.75, 3.05) is 5.73 Å². The highest BCUT2D eigenvalue weighted by atomic mass is 15.6. The van der Waals surface area contributed by atoms with E-state index in [9.17, 15) is 0 Å². The molecule has 3 rings (SSSR count). The van der Waals surface area contributed by atoms with Crippen LogP contribution in [0.15, 0.2) is 54.6 Å². The Hall–Kier alpha value is -2.69. The van der Waals surface area contributed by atoms with Crippen LogP contribution in [0.1, 0.15) is 0 Å². The third-order valence-corrected chi connectivity index (χ3v) is 2.71. The van der Waals surface area contributed by atoms with Crippen molar-refractivity contribution in [2.24, 2.45) is 0 Å². The molecular formula is C13H11N5. The molecule has 0 atom stereocenters. The lowest BCUT2D eigenvalue weighted by atomic mass is 10.1. The van der Waals surface area contributed by atoms with Crippen LogP contribution in [-0.2, 0) is 0 Å². The number of hydrogen-bond acceptors (Lipinski definition) is 4. The van der Waals surface area contributed by atoms with Crippen LogP contribution in [0, 0.1) is 0 Å². The number of tetrazole rings is 1. The van der Waals surface area contributed by atoms with Crippen LogP contribution < -0.4 is 5.73 Å². The van der Waals surface area contributed by atoms with E-state index in [1.165, 1.54) is 10.2 Å². The SMILES string of the molecule is Nc1nnnn1-c1ccc(-c2ccccc2)cc1. The van der Waals surface area contributed by atoms with Crippen LogP contribution in [0.2, 0.25) is 0 Å². The van der Waals surface area contributed by atoms with Gasteiger partial charge < -0.3 is 5.73 Å². The van der Waals surface area contributed by atoms with Crippen LogP contribution in [0.3, 0.4) is 0 Å². The van der Waals surface area contributed by atoms with Crippen LogP contribution in [0.25, 0.3) is 16.8 Å². The van der Waals surface area contributed by atoms with Crippen LogP contribution >= 0.6 is 0 Å². The van der Waals surface area contributed by atoms with Crippen molar-refractivity contribution >= 4 is 5.95 Å². The molecule has 1 aromatic heterocycles. The second-order valence-electron chi connectivity index (χ2n) is 3.86. The second-order valence-corrected chi connectivity index (χ2v) is 3.86. The molecule has 5 heteroatoms. The maximum Gasteiger partial charge on any atom is 0.245 e. The molecule has 0 saturated heterocycles. The fraction of sp³-hybridized carbons (Fsp3) is 0. The third kappa shape index (κ3) is 1.82. The largest absolute Gasteiger partial charge is 0.366 e. The van der Waals surface area contributed by atoms with Gasteiger partial charge in [0.25, 0.3) is 0 Å². The topological polar surface area (TPSA) is 69.6 Å². The summed E-state index contributed by atoms with van der Waals surface area (Å²) in [6.07, 6.45) is 0. The average molecular weight is 237 g/mol. The van der Waals surface area contributed by atoms with Gasteiger partial charge in [-0.1, -0.05) is 47.6 Å². The molecule has 0 radical (unpaired) electrons. The van der Waals surface area contributed by atoms with Gasteiger partial charge in [0, 0.05) is 0 Å². The first-order valence-corrected chi connectivity index (χ1v) is 5.54. The second kappa shape index (κ2) is 4.29. The molecule has 18 heavy (non-hydrogen) atoms. The zero-order chi connectivity index (χ0) is 12.4. The van der Waals surface area contributed by atoms with Crippen molar-refractivity contribution in [1.29, 1.82) is 0 Å². The van der Waals surface area contributed by atoms with Crippen molar-refractivity contribution in [3.8, 4) is 16.8 Å². The van der Waals surface area contributed by atoms with Gasteiger partial charge in [0.1, 0.15) is 0 Å². The van der Waals surface area contributed by atoms with Crippen LogP contribution in [-0.4, -0.2) is 20.2 Å². The normalized spacial score (nSPS) is 10.4. The van der Waals surface area contributed by atoms with Crippen molar-refractivity contribution in [1.82, 2.24) is 20.2 Å². The first kappa shape index (κ1) is 10.5. The first-order valence-electron chi connectivity index (χ1n) is 5.54. The highest BCUT2D eigenvalue weighted by molar-refractivity contribution is 5.64. The summed E-state index contributed by atoms with van der Waals surface area (Å²) in [6.45, 7) is 0. The highest BCUT2D eigenvalue weighted by Gasteiger charge is 2.04. The molecule has 0 fully saturated rings. The Labute approximate surface area is 104 Å². The summed E-state index contributed by atoms with van der Waals surface area (Å²) in [4.78, 5) is 0. The fourth-order valence-electron chi connectivity index (χ4n) is 1.80. The van der Waals surface area contributed by atoms with E-state index < -0.39 is 0 Å². The van der Waals surface area contributed by atoms with E-state index in [0.29, 0.717) is 0 Å². The predicted octanol–water partition coefficient (Wildman–Crippen LogP) is 1.91. The fourth-order valence-corrected chi connectivity index (χ4v) is 1.80. The van der Waals surface area contributed by atoms with E-state index in [4.69, 9.17) is 5.73 Å². The Morgan fingerprint density at radius 1 is 0.833 bits per heavy atom. The van der Waals surface area contributed by atoms with Crippen LogP contribution in [0.5, 0.6) is 0 Å². The number of benzene rings is 2. The molecule has 3 aromatic rings. The number of hydrogen-bond donors (Lipinski definition) is 1. The van der Waals surface area contributed by atoms with E-state index in [1.807, 2.05) is 42.5 Å². The molecule has 0 spiro atoms. The molecule has 0 saturated carbocycles. The molecule has 88 valence electrons. The van der Waals surface area contributed by atoms with E-state index in [0.717, 1.165) is 11.3 Å². The maximum atomic E-state index is 5.65. The molecule has 2 N–H and O–H groups in total. The lowest BCUT2D eigenvalue weighted by Gasteiger charge is -2.04. The van der Waals surface area contributed by atoms with Gasteiger partial charge in [0.05, 0.1) is 5.69 Å². The molecular weight excluding hydrogens is 226 g/mol. The summed E-state index contributed by atoms with van der Waals surface area (Å²) in [7, 11) is 0. The molecule has 0 bridgehead atoms. The minimum absolute atomic E-state index is 0.280. The van der Waals surface area contributed by atoms with Gasteiger partial charge in [-0.2, -0.15) is 4.68 Å². The Morgan fingerprint density at radius 2 is 1.50 bits per heavy atom. The van der Waals surface area contributed by atoms with E-state index in [1.54, 1.807) is 0 Å². The monoisotopic (exact) mass is 237 g/mol. The maximum absolute atomic E-state index is 5.65. The summed E-state index contributed by atoms with van der Waals surface area (Å²) in [5, 5.41) is 11.0. The van der Waals surface area contributed by atoms with E-state index in [-0.39, 0.29) is 5.95 Å². The number of anilines is 1. The summed E-state index contributed by atoms with van der Waals surface area (Å²) >= 11 is 0. The minimum Gasteiger partial charge on any atom is -0.366 e. The Kier molecular flexibility index (Phi) is 2.49. The quantitative estimate of drug-likeness (QED) is 0.739. The van der Waals surface area contributed by atoms with Gasteiger partial charge in [0.2, 0.25) is 5.95 Å². The standard InChI is InChI=1S/C13H11N5/c14-13-15-16-17-18(13)12-8-6-11(7-9-12)10-4-2-1-3-5-10/h1-9H,(H2,14,15,17). The first-order chi connectivity index (χ1) is 8.84. The summed E-state index contributed by atoms with van der Waals surface area (Å²) in [5.41, 5.74) is 8.81. The van der Waals surface area contributed by atoms with Crippen LogP contribution in [0.4, 0.5) is 5.95 Å². The summed E-state index contributed by atoms with van der Waals surface area (Å²) < 4.78 is 1.49. The molecule has 0 aliphatic heterocycles. The molecule has 0 unspecified atom stereocenters. The number of nitrogens with two attached hydrogens (primary N) is 1. The van der Waals surface area contributed by atoms with Gasteiger partial charge in [-0.05, 0) is 33.7 Å². The number of aromatic nitrogens is 4. The van der Waals surface area contributed by atoms with Gasteiger partial charge in [-0.25, -0.2) is 0 Å². The zero-order valence-corrected chi connectivity index (χ0v) is 9.56. The van der Waals surface area contributed by atoms with Gasteiger partial charge in [-0.15, -0.1) is 0 Å². The zero-order valence-electron chi connectivity index (χ0n) is 9.56. The number of nitrogens with zero attached hydrogens (tertiary/aromatic N) is 4. The van der Waals surface area contributed by atoms with E-state index >= 15 is 0 Å². The summed E-state index contributed by atoms with van der Waals surface area (Å²) in [5.74, 6) is 0.280. The third-order valence-electron chi connectivity index (χ3n) is 2.71. The summed E-state index contributed by atoms with van der Waals surface area (Å²) in [6, 6.07) is 18.1. The molecule has 0 aliphatic carbocycles. The molecule has 0 amide bonds. The van der Waals surface area contributed by atoms with Gasteiger partial charge in [-0.3, -0.25) is 0 Å². The molecule has 0 aliphatic rings. The Bertz CT molecular complexity index is 643. The molecule has 1 heterocycles. The highest BCUT2D eigenvalue weighted by Crippen LogP contribution is 2.20. The van der Waals surface area contributed by atoms with Crippen molar-refractivity contribution < 1.29 is 0 Å².